The number of nitrogens with one attached hydrogen (secondary N) is 3. The van der Waals surface area contributed by atoms with Crippen LogP contribution in [-0.2, 0) is 9.59 Å². The van der Waals surface area contributed by atoms with Gasteiger partial charge >= 0.3 is 0 Å². The molecule has 0 spiro atoms. The lowest BCUT2D eigenvalue weighted by atomic mass is 10.1. The zero-order chi connectivity index (χ0) is 30.9. The van der Waals surface area contributed by atoms with Crippen LogP contribution in [0.1, 0.15) is 40.4 Å². The van der Waals surface area contributed by atoms with Crippen LogP contribution in [0.2, 0.25) is 10.0 Å². The summed E-state index contributed by atoms with van der Waals surface area (Å²) in [4.78, 5) is 40.4. The lowest BCUT2D eigenvalue weighted by molar-refractivity contribution is -0.116. The highest BCUT2D eigenvalue weighted by atomic mass is 35.5. The van der Waals surface area contributed by atoms with Crippen LogP contribution in [0.5, 0.6) is 0 Å². The van der Waals surface area contributed by atoms with Crippen molar-refractivity contribution in [3.63, 3.8) is 0 Å². The van der Waals surface area contributed by atoms with Gasteiger partial charge < -0.3 is 16.0 Å². The predicted octanol–water partition coefficient (Wildman–Crippen LogP) is 8.53. The van der Waals surface area contributed by atoms with Gasteiger partial charge in [0.25, 0.3) is 11.8 Å². The molecule has 4 aromatic rings. The van der Waals surface area contributed by atoms with Crippen LogP contribution in [0.4, 0.5) is 11.4 Å². The maximum absolute atomic E-state index is 13.5. The van der Waals surface area contributed by atoms with E-state index in [-0.39, 0.29) is 16.9 Å². The van der Waals surface area contributed by atoms with Crippen LogP contribution >= 0.6 is 35.0 Å². The fourth-order valence-corrected chi connectivity index (χ4v) is 5.75. The van der Waals surface area contributed by atoms with Gasteiger partial charge in [-0.25, -0.2) is 0 Å². The molecule has 0 aliphatic rings. The monoisotopic (exact) mass is 631 g/mol. The smallest absolute Gasteiger partial charge is 0.272 e. The fraction of sp³-hybridized carbons (Fsp3) is 0.147. The van der Waals surface area contributed by atoms with Crippen molar-refractivity contribution in [3.05, 3.63) is 129 Å². The Morgan fingerprint density at radius 3 is 2.21 bits per heavy atom. The van der Waals surface area contributed by atoms with Crippen LogP contribution in [0.25, 0.3) is 6.08 Å². The third-order valence-electron chi connectivity index (χ3n) is 6.49. The highest BCUT2D eigenvalue weighted by molar-refractivity contribution is 8.00. The van der Waals surface area contributed by atoms with Crippen LogP contribution in [0, 0.1) is 13.8 Å². The van der Waals surface area contributed by atoms with E-state index in [1.54, 1.807) is 66.7 Å². The fourth-order valence-electron chi connectivity index (χ4n) is 4.23. The Hall–Kier alpha value is -4.04. The molecule has 6 nitrogen and oxygen atoms in total. The topological polar surface area (TPSA) is 87.3 Å². The number of anilines is 2. The van der Waals surface area contributed by atoms with Crippen LogP contribution < -0.4 is 16.0 Å². The maximum atomic E-state index is 13.5. The van der Waals surface area contributed by atoms with Crippen LogP contribution in [0.15, 0.2) is 102 Å². The number of benzene rings is 4. The number of hydrogen-bond acceptors (Lipinski definition) is 4. The summed E-state index contributed by atoms with van der Waals surface area (Å²) in [5, 5.41) is 8.88. The Bertz CT molecular complexity index is 1650. The largest absolute Gasteiger partial charge is 0.325 e. The zero-order valence-corrected chi connectivity index (χ0v) is 26.2. The normalized spacial score (nSPS) is 11.9. The number of rotatable bonds is 10. The Morgan fingerprint density at radius 2 is 1.53 bits per heavy atom. The number of thioether (sulfide) groups is 1. The molecule has 0 aliphatic heterocycles. The first-order chi connectivity index (χ1) is 20.6. The number of aryl methyl sites for hydroxylation is 2. The predicted molar refractivity (Wildman–Crippen MR) is 178 cm³/mol. The summed E-state index contributed by atoms with van der Waals surface area (Å²) in [5.74, 6) is -1.13. The van der Waals surface area contributed by atoms with Gasteiger partial charge in [-0.3, -0.25) is 14.4 Å². The summed E-state index contributed by atoms with van der Waals surface area (Å²) in [6, 6.07) is 26.6. The quantitative estimate of drug-likeness (QED) is 0.121. The summed E-state index contributed by atoms with van der Waals surface area (Å²) in [5.41, 5.74) is 4.14. The maximum Gasteiger partial charge on any atom is 0.272 e. The van der Waals surface area contributed by atoms with E-state index in [9.17, 15) is 14.4 Å². The van der Waals surface area contributed by atoms with Gasteiger partial charge in [-0.05, 0) is 80.4 Å². The summed E-state index contributed by atoms with van der Waals surface area (Å²) < 4.78 is 0. The molecule has 0 saturated carbocycles. The van der Waals surface area contributed by atoms with Crippen molar-refractivity contribution < 1.29 is 14.4 Å². The Morgan fingerprint density at radius 1 is 0.837 bits per heavy atom. The lowest BCUT2D eigenvalue weighted by Crippen LogP contribution is -2.30. The Kier molecular flexibility index (Phi) is 11.1. The molecule has 43 heavy (non-hydrogen) atoms. The first kappa shape index (κ1) is 31.9. The summed E-state index contributed by atoms with van der Waals surface area (Å²) in [7, 11) is 0. The van der Waals surface area contributed by atoms with Gasteiger partial charge in [0.1, 0.15) is 5.70 Å². The molecule has 220 valence electrons. The average Bonchev–Trinajstić information content (AvgIpc) is 2.99. The molecule has 0 fully saturated rings. The first-order valence-corrected chi connectivity index (χ1v) is 15.3. The second-order valence-corrected chi connectivity index (χ2v) is 11.9. The molecule has 1 unspecified atom stereocenters. The third-order valence-corrected chi connectivity index (χ3v) is 8.51. The molecule has 4 aromatic carbocycles. The number of hydrogen-bond donors (Lipinski definition) is 3. The van der Waals surface area contributed by atoms with Crippen molar-refractivity contribution in [1.29, 1.82) is 0 Å². The molecule has 0 bridgehead atoms. The van der Waals surface area contributed by atoms with Crippen molar-refractivity contribution in [2.75, 3.05) is 10.6 Å². The number of carbonyl (C=O) groups excluding carboxylic acids is 3. The Balaban J connectivity index is 1.53. The first-order valence-electron chi connectivity index (χ1n) is 13.6. The molecule has 9 heteroatoms. The van der Waals surface area contributed by atoms with E-state index < -0.39 is 11.8 Å². The molecular formula is C34H31Cl2N3O3S. The van der Waals surface area contributed by atoms with Gasteiger partial charge in [0.15, 0.2) is 0 Å². The van der Waals surface area contributed by atoms with E-state index in [0.29, 0.717) is 33.3 Å². The lowest BCUT2D eigenvalue weighted by Gasteiger charge is -2.17. The summed E-state index contributed by atoms with van der Waals surface area (Å²) in [6.07, 6.45) is 2.05. The van der Waals surface area contributed by atoms with Gasteiger partial charge in [0.05, 0.1) is 5.25 Å². The molecule has 3 amide bonds. The van der Waals surface area contributed by atoms with Crippen molar-refractivity contribution in [1.82, 2.24) is 5.32 Å². The molecule has 3 N–H and O–H groups in total. The van der Waals surface area contributed by atoms with E-state index >= 15 is 0 Å². The summed E-state index contributed by atoms with van der Waals surface area (Å²) in [6.45, 7) is 5.93. The van der Waals surface area contributed by atoms with Crippen molar-refractivity contribution in [2.24, 2.45) is 0 Å². The van der Waals surface area contributed by atoms with Crippen molar-refractivity contribution in [3.8, 4) is 0 Å². The second-order valence-electron chi connectivity index (χ2n) is 9.82. The van der Waals surface area contributed by atoms with Crippen LogP contribution in [-0.4, -0.2) is 23.0 Å². The van der Waals surface area contributed by atoms with E-state index in [0.717, 1.165) is 21.7 Å². The zero-order valence-electron chi connectivity index (χ0n) is 23.9. The number of amides is 3. The van der Waals surface area contributed by atoms with E-state index in [2.05, 4.69) is 16.0 Å². The Labute approximate surface area is 265 Å². The molecule has 0 aromatic heterocycles. The minimum Gasteiger partial charge on any atom is -0.325 e. The average molecular weight is 633 g/mol. The highest BCUT2D eigenvalue weighted by Gasteiger charge is 2.20. The van der Waals surface area contributed by atoms with Gasteiger partial charge in [0.2, 0.25) is 5.91 Å². The molecule has 0 heterocycles. The van der Waals surface area contributed by atoms with E-state index in [1.807, 2.05) is 45.0 Å². The SMILES string of the molecule is CCC(Sc1cccc(NC(=O)/C(=C\c2c(Cl)cccc2Cl)NC(=O)c2ccccc2)c1)C(=O)Nc1ccc(C)cc1C. The minimum absolute atomic E-state index is 0.0406. The molecule has 0 saturated heterocycles. The van der Waals surface area contributed by atoms with E-state index in [4.69, 9.17) is 23.2 Å². The van der Waals surface area contributed by atoms with Crippen LogP contribution in [0.3, 0.4) is 0 Å². The third kappa shape index (κ3) is 8.74. The van der Waals surface area contributed by atoms with Gasteiger partial charge in [-0.15, -0.1) is 11.8 Å². The van der Waals surface area contributed by atoms with Gasteiger partial charge in [0, 0.05) is 37.4 Å². The molecular weight excluding hydrogens is 601 g/mol. The molecule has 0 radical (unpaired) electrons. The van der Waals surface area contributed by atoms with Crippen molar-refractivity contribution >= 4 is 70.1 Å². The highest BCUT2D eigenvalue weighted by Crippen LogP contribution is 2.30. The van der Waals surface area contributed by atoms with Crippen molar-refractivity contribution in [2.45, 2.75) is 37.3 Å². The minimum atomic E-state index is -0.568. The summed E-state index contributed by atoms with van der Waals surface area (Å²) >= 11 is 14.1. The second kappa shape index (κ2) is 14.9. The standard InChI is InChI=1S/C34H31Cl2N3O3S/c1-4-31(34(42)38-29-17-16-21(2)18-22(29)3)43-25-13-8-12-24(19-25)37-33(41)30(20-26-27(35)14-9-15-28(26)36)39-32(40)23-10-6-5-7-11-23/h5-20,31H,4H2,1-3H3,(H,37,41)(H,38,42)(H,39,40)/b30-20+. The van der Waals surface area contributed by atoms with E-state index in [1.165, 1.54) is 17.8 Å². The molecule has 0 aliphatic carbocycles. The number of carbonyl (C=O) groups is 3. The molecule has 4 rings (SSSR count). The molecule has 1 atom stereocenters. The van der Waals surface area contributed by atoms with Gasteiger partial charge in [-0.2, -0.15) is 0 Å². The van der Waals surface area contributed by atoms with Gasteiger partial charge in [-0.1, -0.05) is 78.2 Å². The number of halogens is 2.